The Balaban J connectivity index is 2.22. The molecule has 0 aliphatic carbocycles. The van der Waals surface area contributed by atoms with E-state index in [0.717, 1.165) is 0 Å². The summed E-state index contributed by atoms with van der Waals surface area (Å²) >= 11 is 0. The first-order valence-electron chi connectivity index (χ1n) is 5.86. The second kappa shape index (κ2) is 4.73. The lowest BCUT2D eigenvalue weighted by Crippen LogP contribution is -2.38. The van der Waals surface area contributed by atoms with Gasteiger partial charge in [0.15, 0.2) is 9.84 Å². The van der Waals surface area contributed by atoms with Gasteiger partial charge in [0.1, 0.15) is 5.75 Å². The van der Waals surface area contributed by atoms with Gasteiger partial charge in [-0.15, -0.1) is 0 Å². The van der Waals surface area contributed by atoms with Crippen LogP contribution in [0.25, 0.3) is 0 Å². The first-order chi connectivity index (χ1) is 8.80. The molecule has 1 aromatic rings. The Bertz CT molecular complexity index is 612. The molecule has 0 spiro atoms. The lowest BCUT2D eigenvalue weighted by atomic mass is 10.1. The number of rotatable bonds is 2. The third kappa shape index (κ3) is 2.81. The molecule has 3 N–H and O–H groups in total. The Labute approximate surface area is 111 Å². The summed E-state index contributed by atoms with van der Waals surface area (Å²) in [5, 5.41) is 9.39. The molecule has 1 atom stereocenters. The molecular weight excluding hydrogens is 268 g/mol. The van der Waals surface area contributed by atoms with Crippen LogP contribution in [0.15, 0.2) is 18.2 Å². The van der Waals surface area contributed by atoms with Gasteiger partial charge in [-0.05, 0) is 24.6 Å². The fraction of sp³-hybridized carbons (Fsp3) is 0.417. The van der Waals surface area contributed by atoms with Crippen molar-refractivity contribution in [1.82, 2.24) is 4.90 Å². The fourth-order valence-electron chi connectivity index (χ4n) is 2.17. The van der Waals surface area contributed by atoms with Gasteiger partial charge in [0.05, 0.1) is 17.1 Å². The first-order valence-corrected chi connectivity index (χ1v) is 7.68. The molecule has 1 fully saturated rings. The molecule has 19 heavy (non-hydrogen) atoms. The molecular formula is C12H16N2O4S. The number of nitrogens with two attached hydrogens (primary N) is 1. The number of carbonyl (C=O) groups excluding carboxylic acids is 1. The Morgan fingerprint density at radius 1 is 1.47 bits per heavy atom. The number of phenolic OH excluding ortho intramolecular Hbond substituents is 1. The molecule has 1 saturated heterocycles. The maximum atomic E-state index is 12.3. The van der Waals surface area contributed by atoms with E-state index in [0.29, 0.717) is 6.42 Å². The summed E-state index contributed by atoms with van der Waals surface area (Å²) in [5.74, 6) is -0.348. The molecule has 2 rings (SSSR count). The highest BCUT2D eigenvalue weighted by atomic mass is 32.2. The Hall–Kier alpha value is -1.76. The molecule has 1 amide bonds. The highest BCUT2D eigenvalue weighted by Gasteiger charge is 2.33. The van der Waals surface area contributed by atoms with Crippen molar-refractivity contribution in [2.24, 2.45) is 0 Å². The Morgan fingerprint density at radius 3 is 2.74 bits per heavy atom. The van der Waals surface area contributed by atoms with Crippen LogP contribution in [0.3, 0.4) is 0 Å². The summed E-state index contributed by atoms with van der Waals surface area (Å²) in [5.41, 5.74) is 6.15. The van der Waals surface area contributed by atoms with Gasteiger partial charge in [0, 0.05) is 18.8 Å². The zero-order chi connectivity index (χ0) is 14.2. The van der Waals surface area contributed by atoms with Gasteiger partial charge < -0.3 is 15.7 Å². The molecule has 0 saturated carbocycles. The number of amides is 1. The number of carbonyl (C=O) groups is 1. The number of hydrogen-bond donors (Lipinski definition) is 2. The van der Waals surface area contributed by atoms with Crippen LogP contribution in [0.1, 0.15) is 16.8 Å². The van der Waals surface area contributed by atoms with Gasteiger partial charge in [-0.3, -0.25) is 4.79 Å². The van der Waals surface area contributed by atoms with Gasteiger partial charge in [-0.25, -0.2) is 8.42 Å². The third-order valence-electron chi connectivity index (χ3n) is 3.34. The Morgan fingerprint density at radius 2 is 2.16 bits per heavy atom. The molecule has 1 heterocycles. The first kappa shape index (κ1) is 13.7. The smallest absolute Gasteiger partial charge is 0.256 e. The fourth-order valence-corrected chi connectivity index (χ4v) is 3.94. The molecule has 7 heteroatoms. The van der Waals surface area contributed by atoms with Crippen molar-refractivity contribution in [3.05, 3.63) is 23.8 Å². The van der Waals surface area contributed by atoms with Crippen molar-refractivity contribution in [2.75, 3.05) is 24.3 Å². The van der Waals surface area contributed by atoms with Crippen LogP contribution in [0, 0.1) is 0 Å². The molecule has 1 aliphatic heterocycles. The lowest BCUT2D eigenvalue weighted by molar-refractivity contribution is 0.0748. The standard InChI is InChI=1S/C12H16N2O4S/c1-14(8-4-5-19(17,18)7-8)12(16)10-6-9(15)2-3-11(10)13/h2-3,6,8,15H,4-5,7,13H2,1H3. The molecule has 0 radical (unpaired) electrons. The quantitative estimate of drug-likeness (QED) is 0.598. The van der Waals surface area contributed by atoms with Crippen molar-refractivity contribution in [2.45, 2.75) is 12.5 Å². The van der Waals surface area contributed by atoms with Crippen LogP contribution in [0.4, 0.5) is 5.69 Å². The maximum Gasteiger partial charge on any atom is 0.256 e. The maximum absolute atomic E-state index is 12.3. The number of nitrogens with zero attached hydrogens (tertiary/aromatic N) is 1. The van der Waals surface area contributed by atoms with Gasteiger partial charge >= 0.3 is 0 Å². The number of anilines is 1. The largest absolute Gasteiger partial charge is 0.508 e. The summed E-state index contributed by atoms with van der Waals surface area (Å²) in [6.45, 7) is 0. The predicted octanol–water partition coefficient (Wildman–Crippen LogP) is 0.234. The minimum atomic E-state index is -3.05. The minimum Gasteiger partial charge on any atom is -0.508 e. The van der Waals surface area contributed by atoms with Crippen molar-refractivity contribution in [3.63, 3.8) is 0 Å². The normalized spacial score (nSPS) is 21.2. The van der Waals surface area contributed by atoms with E-state index in [9.17, 15) is 18.3 Å². The van der Waals surface area contributed by atoms with Crippen molar-refractivity contribution < 1.29 is 18.3 Å². The van der Waals surface area contributed by atoms with E-state index in [1.165, 1.54) is 23.1 Å². The zero-order valence-electron chi connectivity index (χ0n) is 10.5. The van der Waals surface area contributed by atoms with Gasteiger partial charge in [-0.1, -0.05) is 0 Å². The number of benzene rings is 1. The summed E-state index contributed by atoms with van der Waals surface area (Å²) < 4.78 is 22.8. The molecule has 0 aromatic heterocycles. The van der Waals surface area contributed by atoms with Gasteiger partial charge in [0.2, 0.25) is 0 Å². The zero-order valence-corrected chi connectivity index (χ0v) is 11.4. The summed E-state index contributed by atoms with van der Waals surface area (Å²) in [7, 11) is -1.50. The summed E-state index contributed by atoms with van der Waals surface area (Å²) in [6.07, 6.45) is 0.434. The van der Waals surface area contributed by atoms with Crippen LogP contribution in [0.5, 0.6) is 5.75 Å². The second-order valence-corrected chi connectivity index (χ2v) is 6.97. The monoisotopic (exact) mass is 284 g/mol. The average Bonchev–Trinajstić information content (AvgIpc) is 2.71. The van der Waals surface area contributed by atoms with Crippen molar-refractivity contribution in [3.8, 4) is 5.75 Å². The Kier molecular flexibility index (Phi) is 3.40. The van der Waals surface area contributed by atoms with Crippen LogP contribution in [0.2, 0.25) is 0 Å². The van der Waals surface area contributed by atoms with E-state index >= 15 is 0 Å². The summed E-state index contributed by atoms with van der Waals surface area (Å²) in [6, 6.07) is 3.80. The van der Waals surface area contributed by atoms with Gasteiger partial charge in [-0.2, -0.15) is 0 Å². The molecule has 104 valence electrons. The topological polar surface area (TPSA) is 101 Å². The molecule has 1 unspecified atom stereocenters. The highest BCUT2D eigenvalue weighted by Crippen LogP contribution is 2.23. The van der Waals surface area contributed by atoms with Crippen LogP contribution < -0.4 is 5.73 Å². The SMILES string of the molecule is CN(C(=O)c1cc(O)ccc1N)C1CCS(=O)(=O)C1. The molecule has 1 aliphatic rings. The summed E-state index contributed by atoms with van der Waals surface area (Å²) in [4.78, 5) is 13.6. The third-order valence-corrected chi connectivity index (χ3v) is 5.09. The predicted molar refractivity (Wildman–Crippen MR) is 71.7 cm³/mol. The average molecular weight is 284 g/mol. The molecule has 0 bridgehead atoms. The van der Waals surface area contributed by atoms with Gasteiger partial charge in [0.25, 0.3) is 5.91 Å². The van der Waals surface area contributed by atoms with Crippen LogP contribution >= 0.6 is 0 Å². The lowest BCUT2D eigenvalue weighted by Gasteiger charge is -2.24. The van der Waals surface area contributed by atoms with Crippen LogP contribution in [-0.2, 0) is 9.84 Å². The van der Waals surface area contributed by atoms with Crippen LogP contribution in [-0.4, -0.2) is 48.9 Å². The second-order valence-electron chi connectivity index (χ2n) is 4.74. The number of phenols is 1. The number of hydrogen-bond acceptors (Lipinski definition) is 5. The van der Waals surface area contributed by atoms with E-state index in [2.05, 4.69) is 0 Å². The van der Waals surface area contributed by atoms with E-state index in [4.69, 9.17) is 5.73 Å². The number of sulfone groups is 1. The molecule has 1 aromatic carbocycles. The van der Waals surface area contributed by atoms with E-state index in [-0.39, 0.29) is 40.5 Å². The molecule has 6 nitrogen and oxygen atoms in total. The van der Waals surface area contributed by atoms with Crippen molar-refractivity contribution >= 4 is 21.4 Å². The van der Waals surface area contributed by atoms with E-state index in [1.54, 1.807) is 7.05 Å². The highest BCUT2D eigenvalue weighted by molar-refractivity contribution is 7.91. The van der Waals surface area contributed by atoms with Crippen molar-refractivity contribution in [1.29, 1.82) is 0 Å². The van der Waals surface area contributed by atoms with E-state index < -0.39 is 9.84 Å². The number of nitrogen functional groups attached to an aromatic ring is 1. The minimum absolute atomic E-state index is 0.0199. The number of aromatic hydroxyl groups is 1. The van der Waals surface area contributed by atoms with E-state index in [1.807, 2.05) is 0 Å².